The van der Waals surface area contributed by atoms with Crippen LogP contribution >= 0.6 is 0 Å². The lowest BCUT2D eigenvalue weighted by molar-refractivity contribution is 0.398. The van der Waals surface area contributed by atoms with Gasteiger partial charge in [-0.1, -0.05) is 12.1 Å². The number of para-hydroxylation sites is 2. The maximum absolute atomic E-state index is 5.75. The van der Waals surface area contributed by atoms with Gasteiger partial charge in [0.15, 0.2) is 11.5 Å². The first kappa shape index (κ1) is 12.0. The molecule has 1 aromatic carbocycles. The smallest absolute Gasteiger partial charge is 0.197 e. The highest BCUT2D eigenvalue weighted by Gasteiger charge is 2.18. The van der Waals surface area contributed by atoms with Gasteiger partial charge in [-0.2, -0.15) is 0 Å². The summed E-state index contributed by atoms with van der Waals surface area (Å²) in [5, 5.41) is 3.24. The zero-order valence-corrected chi connectivity index (χ0v) is 11.0. The lowest BCUT2D eigenvalue weighted by atomic mass is 10.1. The summed E-state index contributed by atoms with van der Waals surface area (Å²) in [5.74, 6) is 1.65. The van der Waals surface area contributed by atoms with Gasteiger partial charge in [0.2, 0.25) is 0 Å². The van der Waals surface area contributed by atoms with Gasteiger partial charge in [0, 0.05) is 6.42 Å². The first-order valence-corrected chi connectivity index (χ1v) is 6.33. The maximum Gasteiger partial charge on any atom is 0.197 e. The van der Waals surface area contributed by atoms with Crippen molar-refractivity contribution < 1.29 is 8.83 Å². The molecule has 1 N–H and O–H groups in total. The van der Waals surface area contributed by atoms with E-state index in [-0.39, 0.29) is 6.04 Å². The molecule has 0 aliphatic rings. The minimum absolute atomic E-state index is 0.0723. The first-order chi connectivity index (χ1) is 9.28. The van der Waals surface area contributed by atoms with Crippen molar-refractivity contribution in [3.05, 3.63) is 53.8 Å². The molecule has 0 spiro atoms. The number of likely N-dealkylation sites (N-methyl/N-ethyl adjacent to an activating group) is 1. The highest BCUT2D eigenvalue weighted by molar-refractivity contribution is 5.72. The van der Waals surface area contributed by atoms with E-state index in [1.54, 1.807) is 6.26 Å². The van der Waals surface area contributed by atoms with Crippen LogP contribution in [0.3, 0.4) is 0 Å². The normalized spacial score (nSPS) is 12.9. The van der Waals surface area contributed by atoms with Gasteiger partial charge in [0.1, 0.15) is 11.3 Å². The Labute approximate surface area is 111 Å². The van der Waals surface area contributed by atoms with Gasteiger partial charge < -0.3 is 14.2 Å². The predicted molar refractivity (Wildman–Crippen MR) is 73.0 cm³/mol. The molecule has 0 saturated carbocycles. The summed E-state index contributed by atoms with van der Waals surface area (Å²) in [6.07, 6.45) is 2.38. The molecule has 2 heterocycles. The molecule has 0 aliphatic carbocycles. The Balaban J connectivity index is 1.88. The van der Waals surface area contributed by atoms with Gasteiger partial charge in [0.25, 0.3) is 0 Å². The van der Waals surface area contributed by atoms with Crippen LogP contribution in [-0.4, -0.2) is 12.0 Å². The summed E-state index contributed by atoms with van der Waals surface area (Å²) in [5.41, 5.74) is 2.85. The van der Waals surface area contributed by atoms with E-state index in [0.717, 1.165) is 28.3 Å². The van der Waals surface area contributed by atoms with Crippen molar-refractivity contribution in [1.82, 2.24) is 10.3 Å². The molecule has 0 saturated heterocycles. The molecule has 3 rings (SSSR count). The number of aryl methyl sites for hydroxylation is 1. The van der Waals surface area contributed by atoms with Crippen LogP contribution in [0.25, 0.3) is 11.1 Å². The largest absolute Gasteiger partial charge is 0.467 e. The Bertz CT molecular complexity index is 651. The van der Waals surface area contributed by atoms with Crippen molar-refractivity contribution in [2.24, 2.45) is 0 Å². The number of nitrogens with one attached hydrogen (secondary N) is 1. The van der Waals surface area contributed by atoms with E-state index in [9.17, 15) is 0 Å². The summed E-state index contributed by atoms with van der Waals surface area (Å²) in [4.78, 5) is 4.49. The monoisotopic (exact) mass is 256 g/mol. The van der Waals surface area contributed by atoms with E-state index < -0.39 is 0 Å². The summed E-state index contributed by atoms with van der Waals surface area (Å²) < 4.78 is 11.3. The van der Waals surface area contributed by atoms with Gasteiger partial charge >= 0.3 is 0 Å². The average Bonchev–Trinajstić information content (AvgIpc) is 3.01. The van der Waals surface area contributed by atoms with Crippen molar-refractivity contribution in [3.63, 3.8) is 0 Å². The van der Waals surface area contributed by atoms with Gasteiger partial charge in [0.05, 0.1) is 12.3 Å². The number of aromatic nitrogens is 1. The molecular formula is C15H16N2O2. The Morgan fingerprint density at radius 2 is 2.11 bits per heavy atom. The third-order valence-electron chi connectivity index (χ3n) is 3.28. The minimum atomic E-state index is 0.0723. The highest BCUT2D eigenvalue weighted by atomic mass is 16.3. The topological polar surface area (TPSA) is 51.2 Å². The van der Waals surface area contributed by atoms with Crippen molar-refractivity contribution in [2.45, 2.75) is 19.4 Å². The third kappa shape index (κ3) is 2.27. The predicted octanol–water partition coefficient (Wildman–Crippen LogP) is 3.23. The fourth-order valence-electron chi connectivity index (χ4n) is 2.25. The fourth-order valence-corrected chi connectivity index (χ4v) is 2.25. The van der Waals surface area contributed by atoms with Crippen LogP contribution in [0, 0.1) is 6.92 Å². The van der Waals surface area contributed by atoms with Gasteiger partial charge in [-0.15, -0.1) is 0 Å². The standard InChI is InChI=1S/C15H16N2O2/c1-10-7-8-18-15(10)12(16-2)9-14-17-11-5-3-4-6-13(11)19-14/h3-8,12,16H,9H2,1-2H3. The van der Waals surface area contributed by atoms with Crippen LogP contribution in [0.1, 0.15) is 23.3 Å². The number of benzene rings is 1. The number of oxazole rings is 1. The second-order valence-corrected chi connectivity index (χ2v) is 4.59. The minimum Gasteiger partial charge on any atom is -0.467 e. The molecule has 19 heavy (non-hydrogen) atoms. The molecule has 2 aromatic heterocycles. The number of hydrogen-bond acceptors (Lipinski definition) is 4. The summed E-state index contributed by atoms with van der Waals surface area (Å²) >= 11 is 0. The zero-order valence-electron chi connectivity index (χ0n) is 11.0. The quantitative estimate of drug-likeness (QED) is 0.778. The number of fused-ring (bicyclic) bond motifs is 1. The number of rotatable bonds is 4. The van der Waals surface area contributed by atoms with Gasteiger partial charge in [-0.05, 0) is 37.7 Å². The second kappa shape index (κ2) is 4.90. The van der Waals surface area contributed by atoms with Gasteiger partial charge in [-0.25, -0.2) is 4.98 Å². The van der Waals surface area contributed by atoms with E-state index in [2.05, 4.69) is 10.3 Å². The fraction of sp³-hybridized carbons (Fsp3) is 0.267. The molecule has 0 radical (unpaired) electrons. The summed E-state index contributed by atoms with van der Waals surface area (Å²) in [6.45, 7) is 2.04. The summed E-state index contributed by atoms with van der Waals surface area (Å²) in [7, 11) is 1.91. The Morgan fingerprint density at radius 3 is 2.79 bits per heavy atom. The van der Waals surface area contributed by atoms with E-state index >= 15 is 0 Å². The molecule has 4 nitrogen and oxygen atoms in total. The van der Waals surface area contributed by atoms with Crippen LogP contribution in [0.4, 0.5) is 0 Å². The van der Waals surface area contributed by atoms with E-state index in [1.807, 2.05) is 44.3 Å². The van der Waals surface area contributed by atoms with Crippen LogP contribution in [0.15, 0.2) is 45.4 Å². The van der Waals surface area contributed by atoms with Crippen molar-refractivity contribution in [3.8, 4) is 0 Å². The molecular weight excluding hydrogens is 240 g/mol. The van der Waals surface area contributed by atoms with Crippen molar-refractivity contribution >= 4 is 11.1 Å². The Kier molecular flexibility index (Phi) is 3.09. The molecule has 0 fully saturated rings. The van der Waals surface area contributed by atoms with E-state index in [1.165, 1.54) is 0 Å². The molecule has 0 aliphatic heterocycles. The lowest BCUT2D eigenvalue weighted by Gasteiger charge is -2.12. The average molecular weight is 256 g/mol. The SMILES string of the molecule is CNC(Cc1nc2ccccc2o1)c1occc1C. The number of nitrogens with zero attached hydrogens (tertiary/aromatic N) is 1. The second-order valence-electron chi connectivity index (χ2n) is 4.59. The van der Waals surface area contributed by atoms with E-state index in [4.69, 9.17) is 8.83 Å². The molecule has 1 atom stereocenters. The zero-order chi connectivity index (χ0) is 13.2. The molecule has 3 aromatic rings. The number of hydrogen-bond donors (Lipinski definition) is 1. The molecule has 4 heteroatoms. The van der Waals surface area contributed by atoms with Gasteiger partial charge in [-0.3, -0.25) is 0 Å². The van der Waals surface area contributed by atoms with Crippen molar-refractivity contribution in [2.75, 3.05) is 7.05 Å². The molecule has 1 unspecified atom stereocenters. The summed E-state index contributed by atoms with van der Waals surface area (Å²) in [6, 6.07) is 9.83. The van der Waals surface area contributed by atoms with Crippen LogP contribution in [0.2, 0.25) is 0 Å². The Morgan fingerprint density at radius 1 is 1.26 bits per heavy atom. The Hall–Kier alpha value is -2.07. The molecule has 0 amide bonds. The van der Waals surface area contributed by atoms with Crippen molar-refractivity contribution in [1.29, 1.82) is 0 Å². The number of furan rings is 1. The maximum atomic E-state index is 5.75. The van der Waals surface area contributed by atoms with Crippen LogP contribution in [-0.2, 0) is 6.42 Å². The van der Waals surface area contributed by atoms with E-state index in [0.29, 0.717) is 6.42 Å². The van der Waals surface area contributed by atoms with Crippen LogP contribution < -0.4 is 5.32 Å². The third-order valence-corrected chi connectivity index (χ3v) is 3.28. The lowest BCUT2D eigenvalue weighted by Crippen LogP contribution is -2.19. The first-order valence-electron chi connectivity index (χ1n) is 6.33. The molecule has 98 valence electrons. The molecule has 0 bridgehead atoms. The highest BCUT2D eigenvalue weighted by Crippen LogP contribution is 2.24. The van der Waals surface area contributed by atoms with Crippen LogP contribution in [0.5, 0.6) is 0 Å².